The van der Waals surface area contributed by atoms with Crippen molar-refractivity contribution < 1.29 is 18.3 Å². The van der Waals surface area contributed by atoms with Crippen LogP contribution in [0.15, 0.2) is 0 Å². The Hall–Kier alpha value is 0.347. The highest BCUT2D eigenvalue weighted by atomic mass is 35.5. The van der Waals surface area contributed by atoms with Crippen LogP contribution in [-0.4, -0.2) is 54.1 Å². The average molecular weight is 327 g/mol. The van der Waals surface area contributed by atoms with E-state index < -0.39 is 8.56 Å². The molecule has 0 aromatic carbocycles. The van der Waals surface area contributed by atoms with Gasteiger partial charge in [-0.2, -0.15) is 0 Å². The van der Waals surface area contributed by atoms with E-state index in [2.05, 4.69) is 6.92 Å². The molecule has 6 heteroatoms. The van der Waals surface area contributed by atoms with Crippen molar-refractivity contribution in [3.8, 4) is 0 Å². The summed E-state index contributed by atoms with van der Waals surface area (Å²) in [5.74, 6) is 0.583. The summed E-state index contributed by atoms with van der Waals surface area (Å²) < 4.78 is 22.9. The van der Waals surface area contributed by atoms with Gasteiger partial charge in [-0.3, -0.25) is 0 Å². The van der Waals surface area contributed by atoms with Crippen LogP contribution in [-0.2, 0) is 18.3 Å². The summed E-state index contributed by atoms with van der Waals surface area (Å²) in [4.78, 5) is 0. The quantitative estimate of drug-likeness (QED) is 0.262. The Morgan fingerprint density at radius 1 is 0.800 bits per heavy atom. The lowest BCUT2D eigenvalue weighted by Gasteiger charge is -2.30. The molecular formula is C14H31ClO4Si. The van der Waals surface area contributed by atoms with E-state index in [1.165, 1.54) is 0 Å². The summed E-state index contributed by atoms with van der Waals surface area (Å²) >= 11 is 5.96. The van der Waals surface area contributed by atoms with Crippen molar-refractivity contribution in [1.29, 1.82) is 0 Å². The second-order valence-corrected chi connectivity index (χ2v) is 8.32. The predicted molar refractivity (Wildman–Crippen MR) is 85.9 cm³/mol. The van der Waals surface area contributed by atoms with Gasteiger partial charge in [0.15, 0.2) is 0 Å². The number of ether oxygens (including phenoxy) is 2. The summed E-state index contributed by atoms with van der Waals surface area (Å²) in [7, 11) is -2.21. The Labute approximate surface area is 130 Å². The van der Waals surface area contributed by atoms with Gasteiger partial charge in [-0.25, -0.2) is 0 Å². The van der Waals surface area contributed by atoms with E-state index in [1.807, 2.05) is 13.8 Å². The first kappa shape index (κ1) is 20.3. The van der Waals surface area contributed by atoms with Gasteiger partial charge in [-0.1, -0.05) is 19.8 Å². The number of alkyl halides is 1. The molecule has 0 aliphatic carbocycles. The van der Waals surface area contributed by atoms with Gasteiger partial charge in [-0.05, 0) is 19.9 Å². The van der Waals surface area contributed by atoms with Crippen LogP contribution >= 0.6 is 11.6 Å². The van der Waals surface area contributed by atoms with Crippen molar-refractivity contribution in [3.05, 3.63) is 0 Å². The molecule has 0 heterocycles. The van der Waals surface area contributed by atoms with Crippen LogP contribution in [0.3, 0.4) is 0 Å². The number of hydrogen-bond acceptors (Lipinski definition) is 4. The van der Waals surface area contributed by atoms with Crippen LogP contribution in [0.4, 0.5) is 0 Å². The Kier molecular flexibility index (Phi) is 14.5. The highest BCUT2D eigenvalue weighted by Crippen LogP contribution is 2.23. The molecule has 0 rings (SSSR count). The van der Waals surface area contributed by atoms with E-state index in [4.69, 9.17) is 29.9 Å². The van der Waals surface area contributed by atoms with Crippen LogP contribution in [0.1, 0.15) is 33.6 Å². The van der Waals surface area contributed by atoms with Gasteiger partial charge in [0.1, 0.15) is 0 Å². The summed E-state index contributed by atoms with van der Waals surface area (Å²) in [6.45, 7) is 10.0. The molecule has 0 saturated heterocycles. The Bertz CT molecular complexity index is 196. The molecule has 0 aromatic heterocycles. The topological polar surface area (TPSA) is 36.9 Å². The van der Waals surface area contributed by atoms with Crippen molar-refractivity contribution in [3.63, 3.8) is 0 Å². The van der Waals surface area contributed by atoms with Crippen LogP contribution < -0.4 is 0 Å². The largest absolute Gasteiger partial charge is 0.392 e. The smallest absolute Gasteiger partial charge is 0.339 e. The first-order valence-electron chi connectivity index (χ1n) is 7.74. The van der Waals surface area contributed by atoms with E-state index in [9.17, 15) is 0 Å². The normalized spacial score (nSPS) is 12.0. The van der Waals surface area contributed by atoms with Crippen molar-refractivity contribution in [2.24, 2.45) is 0 Å². The zero-order chi connectivity index (χ0) is 15.1. The second-order valence-electron chi connectivity index (χ2n) is 4.54. The lowest BCUT2D eigenvalue weighted by atomic mass is 10.4. The molecule has 0 aromatic rings. The standard InChI is InChI=1S/C14H31ClO4Si/c1-4-7-13-20(14-8-15,18-11-9-16-5-2)19-12-10-17-6-3/h4-14H2,1-3H3. The average Bonchev–Trinajstić information content (AvgIpc) is 2.46. The highest BCUT2D eigenvalue weighted by Gasteiger charge is 2.36. The molecular weight excluding hydrogens is 296 g/mol. The number of unbranched alkanes of at least 4 members (excludes halogenated alkanes) is 1. The summed E-state index contributed by atoms with van der Waals surface area (Å²) in [6, 6.07) is 1.82. The van der Waals surface area contributed by atoms with Gasteiger partial charge in [0.05, 0.1) is 26.4 Å². The maximum atomic E-state index is 6.11. The zero-order valence-corrected chi connectivity index (χ0v) is 15.0. The fraction of sp³-hybridized carbons (Fsp3) is 1.00. The third-order valence-electron chi connectivity index (χ3n) is 2.98. The first-order chi connectivity index (χ1) is 9.74. The van der Waals surface area contributed by atoms with Gasteiger partial charge in [0.2, 0.25) is 0 Å². The van der Waals surface area contributed by atoms with Gasteiger partial charge in [0.25, 0.3) is 0 Å². The van der Waals surface area contributed by atoms with E-state index >= 15 is 0 Å². The predicted octanol–water partition coefficient (Wildman–Crippen LogP) is 3.57. The van der Waals surface area contributed by atoms with Crippen LogP contribution in [0, 0.1) is 0 Å². The van der Waals surface area contributed by atoms with E-state index in [0.717, 1.165) is 24.9 Å². The summed E-state index contributed by atoms with van der Waals surface area (Å²) in [6.07, 6.45) is 2.26. The van der Waals surface area contributed by atoms with Crippen molar-refractivity contribution >= 4 is 20.2 Å². The van der Waals surface area contributed by atoms with Crippen molar-refractivity contribution in [2.45, 2.75) is 45.7 Å². The Balaban J connectivity index is 4.32. The zero-order valence-electron chi connectivity index (χ0n) is 13.3. The SMILES string of the molecule is CCCC[Si](CCCl)(OCCOCC)OCCOCC. The first-order valence-corrected chi connectivity index (χ1v) is 10.5. The molecule has 0 unspecified atom stereocenters. The molecule has 20 heavy (non-hydrogen) atoms. The summed E-state index contributed by atoms with van der Waals surface area (Å²) in [5.41, 5.74) is 0. The van der Waals surface area contributed by atoms with Crippen molar-refractivity contribution in [1.82, 2.24) is 0 Å². The molecule has 0 radical (unpaired) electrons. The highest BCUT2D eigenvalue weighted by molar-refractivity contribution is 6.68. The molecule has 0 spiro atoms. The monoisotopic (exact) mass is 326 g/mol. The van der Waals surface area contributed by atoms with Crippen molar-refractivity contribution in [2.75, 3.05) is 45.5 Å². The minimum Gasteiger partial charge on any atom is -0.392 e. The maximum Gasteiger partial charge on any atom is 0.339 e. The molecule has 0 saturated carbocycles. The Morgan fingerprint density at radius 3 is 1.75 bits per heavy atom. The minimum atomic E-state index is -2.21. The summed E-state index contributed by atoms with van der Waals surface area (Å²) in [5, 5.41) is 0. The lowest BCUT2D eigenvalue weighted by molar-refractivity contribution is 0.0644. The Morgan fingerprint density at radius 2 is 1.35 bits per heavy atom. The molecule has 4 nitrogen and oxygen atoms in total. The lowest BCUT2D eigenvalue weighted by Crippen LogP contribution is -2.44. The fourth-order valence-electron chi connectivity index (χ4n) is 1.91. The third kappa shape index (κ3) is 10.1. The number of rotatable bonds is 15. The molecule has 0 bridgehead atoms. The second kappa shape index (κ2) is 14.3. The molecule has 0 fully saturated rings. The molecule has 0 atom stereocenters. The van der Waals surface area contributed by atoms with Gasteiger partial charge in [-0.15, -0.1) is 11.6 Å². The van der Waals surface area contributed by atoms with E-state index in [0.29, 0.717) is 45.5 Å². The van der Waals surface area contributed by atoms with E-state index in [1.54, 1.807) is 0 Å². The maximum absolute atomic E-state index is 6.11. The fourth-order valence-corrected chi connectivity index (χ4v) is 5.77. The molecule has 0 amide bonds. The van der Waals surface area contributed by atoms with Gasteiger partial charge in [0, 0.05) is 25.1 Å². The number of halogens is 1. The van der Waals surface area contributed by atoms with Crippen LogP contribution in [0.25, 0.3) is 0 Å². The van der Waals surface area contributed by atoms with Crippen LogP contribution in [0.2, 0.25) is 12.1 Å². The van der Waals surface area contributed by atoms with E-state index in [-0.39, 0.29) is 0 Å². The molecule has 0 aliphatic heterocycles. The molecule has 122 valence electrons. The number of hydrogen-bond donors (Lipinski definition) is 0. The third-order valence-corrected chi connectivity index (χ3v) is 7.07. The van der Waals surface area contributed by atoms with Gasteiger partial charge >= 0.3 is 8.56 Å². The minimum absolute atomic E-state index is 0.583. The van der Waals surface area contributed by atoms with Gasteiger partial charge < -0.3 is 18.3 Å². The molecule has 0 aliphatic rings. The molecule has 0 N–H and O–H groups in total. The van der Waals surface area contributed by atoms with Crippen LogP contribution in [0.5, 0.6) is 0 Å².